The molecule has 4 nitrogen and oxygen atoms in total. The van der Waals surface area contributed by atoms with Crippen LogP contribution < -0.4 is 15.8 Å². The Hall–Kier alpha value is -1.55. The van der Waals surface area contributed by atoms with Gasteiger partial charge in [0.1, 0.15) is 11.4 Å². The van der Waals surface area contributed by atoms with Crippen molar-refractivity contribution in [1.29, 1.82) is 0 Å². The second kappa shape index (κ2) is 5.09. The predicted octanol–water partition coefficient (Wildman–Crippen LogP) is 2.39. The first-order valence-corrected chi connectivity index (χ1v) is 7.02. The van der Waals surface area contributed by atoms with Crippen LogP contribution in [0.1, 0.15) is 45.7 Å². The number of hydrogen-bond donors (Lipinski definition) is 2. The van der Waals surface area contributed by atoms with Crippen molar-refractivity contribution < 1.29 is 9.53 Å². The number of rotatable bonds is 4. The van der Waals surface area contributed by atoms with Gasteiger partial charge >= 0.3 is 0 Å². The molecule has 1 aliphatic rings. The number of para-hydroxylation sites is 1. The van der Waals surface area contributed by atoms with Crippen molar-refractivity contribution in [2.45, 2.75) is 45.8 Å². The summed E-state index contributed by atoms with van der Waals surface area (Å²) in [5, 5.41) is 3.47. The normalized spacial score (nSPS) is 20.9. The quantitative estimate of drug-likeness (QED) is 0.887. The summed E-state index contributed by atoms with van der Waals surface area (Å²) >= 11 is 0. The number of nitrogens with two attached hydrogens (primary N) is 1. The maximum absolute atomic E-state index is 11.4. The third kappa shape index (κ3) is 3.12. The summed E-state index contributed by atoms with van der Waals surface area (Å²) in [6.45, 7) is 8.43. The number of carbonyl (C=O) groups excluding carboxylic acids is 1. The number of fused-ring (bicyclic) bond motifs is 1. The van der Waals surface area contributed by atoms with Gasteiger partial charge in [-0.1, -0.05) is 18.2 Å². The smallest absolute Gasteiger partial charge is 0.224 e. The standard InChI is InChI=1S/C16H24N2O2/c1-15(2,14(17)19)10-18-12-9-16(3,4)20-13-8-6-5-7-11(12)13/h5-8,12,18H,9-10H2,1-4H3,(H2,17,19). The van der Waals surface area contributed by atoms with Crippen LogP contribution in [0.3, 0.4) is 0 Å². The summed E-state index contributed by atoms with van der Waals surface area (Å²) in [4.78, 5) is 11.4. The Morgan fingerprint density at radius 2 is 2.10 bits per heavy atom. The average Bonchev–Trinajstić information content (AvgIpc) is 2.34. The van der Waals surface area contributed by atoms with Crippen LogP contribution in [-0.4, -0.2) is 18.1 Å². The lowest BCUT2D eigenvalue weighted by atomic mass is 9.87. The Bertz CT molecular complexity index is 509. The van der Waals surface area contributed by atoms with Crippen molar-refractivity contribution in [3.05, 3.63) is 29.8 Å². The van der Waals surface area contributed by atoms with Gasteiger partial charge in [0.2, 0.25) is 5.91 Å². The zero-order chi connectivity index (χ0) is 15.0. The molecule has 1 atom stereocenters. The van der Waals surface area contributed by atoms with E-state index in [-0.39, 0.29) is 17.6 Å². The maximum Gasteiger partial charge on any atom is 0.224 e. The molecule has 0 aliphatic carbocycles. The Morgan fingerprint density at radius 3 is 2.75 bits per heavy atom. The van der Waals surface area contributed by atoms with Crippen LogP contribution in [0.25, 0.3) is 0 Å². The fourth-order valence-electron chi connectivity index (χ4n) is 2.45. The largest absolute Gasteiger partial charge is 0.487 e. The third-order valence-electron chi connectivity index (χ3n) is 3.83. The summed E-state index contributed by atoms with van der Waals surface area (Å²) in [6.07, 6.45) is 0.860. The van der Waals surface area contributed by atoms with Crippen molar-refractivity contribution in [3.8, 4) is 5.75 Å². The average molecular weight is 276 g/mol. The van der Waals surface area contributed by atoms with E-state index >= 15 is 0 Å². The molecule has 0 spiro atoms. The molecule has 0 fully saturated rings. The van der Waals surface area contributed by atoms with Gasteiger partial charge in [0, 0.05) is 24.6 Å². The highest BCUT2D eigenvalue weighted by molar-refractivity contribution is 5.80. The van der Waals surface area contributed by atoms with Crippen LogP contribution >= 0.6 is 0 Å². The minimum atomic E-state index is -0.558. The van der Waals surface area contributed by atoms with Crippen LogP contribution in [0, 0.1) is 5.41 Å². The van der Waals surface area contributed by atoms with E-state index in [1.165, 1.54) is 0 Å². The molecule has 0 bridgehead atoms. The zero-order valence-corrected chi connectivity index (χ0v) is 12.7. The lowest BCUT2D eigenvalue weighted by Crippen LogP contribution is -2.45. The molecule has 110 valence electrons. The SMILES string of the molecule is CC1(C)CC(NCC(C)(C)C(N)=O)c2ccccc2O1. The molecule has 1 unspecified atom stereocenters. The molecule has 0 saturated carbocycles. The Morgan fingerprint density at radius 1 is 1.45 bits per heavy atom. The molecule has 1 amide bonds. The van der Waals surface area contributed by atoms with Gasteiger partial charge in [0.15, 0.2) is 0 Å². The molecular weight excluding hydrogens is 252 g/mol. The van der Waals surface area contributed by atoms with Crippen molar-refractivity contribution in [2.24, 2.45) is 11.1 Å². The summed E-state index contributed by atoms with van der Waals surface area (Å²) in [6, 6.07) is 8.22. The first-order chi connectivity index (χ1) is 9.21. The highest BCUT2D eigenvalue weighted by atomic mass is 16.5. The van der Waals surface area contributed by atoms with E-state index in [4.69, 9.17) is 10.5 Å². The van der Waals surface area contributed by atoms with Crippen LogP contribution in [0.2, 0.25) is 0 Å². The molecule has 20 heavy (non-hydrogen) atoms. The molecule has 4 heteroatoms. The van der Waals surface area contributed by atoms with E-state index in [2.05, 4.69) is 25.2 Å². The van der Waals surface area contributed by atoms with E-state index in [1.54, 1.807) is 0 Å². The monoisotopic (exact) mass is 276 g/mol. The molecule has 2 rings (SSSR count). The maximum atomic E-state index is 11.4. The topological polar surface area (TPSA) is 64.3 Å². The predicted molar refractivity (Wildman–Crippen MR) is 79.5 cm³/mol. The number of primary amides is 1. The molecule has 0 radical (unpaired) electrons. The van der Waals surface area contributed by atoms with Gasteiger partial charge in [0.25, 0.3) is 0 Å². The van der Waals surface area contributed by atoms with E-state index in [0.717, 1.165) is 17.7 Å². The molecule has 1 aliphatic heterocycles. The first-order valence-electron chi connectivity index (χ1n) is 7.02. The highest BCUT2D eigenvalue weighted by Crippen LogP contribution is 2.39. The molecular formula is C16H24N2O2. The molecule has 1 heterocycles. The van der Waals surface area contributed by atoms with Gasteiger partial charge in [0.05, 0.1) is 5.41 Å². The lowest BCUT2D eigenvalue weighted by molar-refractivity contribution is -0.125. The van der Waals surface area contributed by atoms with Crippen LogP contribution in [0.15, 0.2) is 24.3 Å². The second-order valence-corrected chi connectivity index (χ2v) is 6.79. The van der Waals surface area contributed by atoms with Gasteiger partial charge in [-0.25, -0.2) is 0 Å². The number of carbonyl (C=O) groups is 1. The Balaban J connectivity index is 2.18. The van der Waals surface area contributed by atoms with Crippen LogP contribution in [0.5, 0.6) is 5.75 Å². The Kier molecular flexibility index (Phi) is 3.78. The van der Waals surface area contributed by atoms with Gasteiger partial charge in [-0.05, 0) is 33.8 Å². The van der Waals surface area contributed by atoms with E-state index in [9.17, 15) is 4.79 Å². The minimum absolute atomic E-state index is 0.175. The summed E-state index contributed by atoms with van der Waals surface area (Å²) in [5.74, 6) is 0.628. The molecule has 3 N–H and O–H groups in total. The Labute approximate surface area is 120 Å². The van der Waals surface area contributed by atoms with Gasteiger partial charge < -0.3 is 15.8 Å². The highest BCUT2D eigenvalue weighted by Gasteiger charge is 2.35. The fourth-order valence-corrected chi connectivity index (χ4v) is 2.45. The fraction of sp³-hybridized carbons (Fsp3) is 0.562. The number of benzene rings is 1. The number of hydrogen-bond acceptors (Lipinski definition) is 3. The van der Waals surface area contributed by atoms with Gasteiger partial charge in [-0.2, -0.15) is 0 Å². The number of nitrogens with one attached hydrogen (secondary N) is 1. The molecule has 1 aromatic carbocycles. The van der Waals surface area contributed by atoms with Gasteiger partial charge in [-0.15, -0.1) is 0 Å². The van der Waals surface area contributed by atoms with Crippen molar-refractivity contribution in [2.75, 3.05) is 6.54 Å². The van der Waals surface area contributed by atoms with E-state index in [0.29, 0.717) is 6.54 Å². The van der Waals surface area contributed by atoms with Crippen molar-refractivity contribution in [1.82, 2.24) is 5.32 Å². The van der Waals surface area contributed by atoms with E-state index < -0.39 is 5.41 Å². The van der Waals surface area contributed by atoms with Crippen molar-refractivity contribution >= 4 is 5.91 Å². The van der Waals surface area contributed by atoms with Crippen LogP contribution in [-0.2, 0) is 4.79 Å². The summed E-state index contributed by atoms with van der Waals surface area (Å²) in [5.41, 5.74) is 5.80. The van der Waals surface area contributed by atoms with Gasteiger partial charge in [-0.3, -0.25) is 4.79 Å². The van der Waals surface area contributed by atoms with E-state index in [1.807, 2.05) is 32.0 Å². The number of ether oxygens (including phenoxy) is 1. The third-order valence-corrected chi connectivity index (χ3v) is 3.83. The van der Waals surface area contributed by atoms with Crippen molar-refractivity contribution in [3.63, 3.8) is 0 Å². The second-order valence-electron chi connectivity index (χ2n) is 6.79. The molecule has 0 aromatic heterocycles. The molecule has 0 saturated heterocycles. The van der Waals surface area contributed by atoms with Crippen LogP contribution in [0.4, 0.5) is 0 Å². The lowest BCUT2D eigenvalue weighted by Gasteiger charge is -2.39. The molecule has 1 aromatic rings. The zero-order valence-electron chi connectivity index (χ0n) is 12.7. The first kappa shape index (κ1) is 14.9. The number of amides is 1. The summed E-state index contributed by atoms with van der Waals surface area (Å²) in [7, 11) is 0. The minimum Gasteiger partial charge on any atom is -0.487 e. The summed E-state index contributed by atoms with van der Waals surface area (Å²) < 4.78 is 6.00.